The molecule has 3 aliphatic rings. The monoisotopic (exact) mass is 557 g/mol. The lowest BCUT2D eigenvalue weighted by Crippen LogP contribution is -2.60. The van der Waals surface area contributed by atoms with Gasteiger partial charge in [-0.3, -0.25) is 4.79 Å². The van der Waals surface area contributed by atoms with Crippen LogP contribution < -0.4 is 21.3 Å². The van der Waals surface area contributed by atoms with Gasteiger partial charge in [0.2, 0.25) is 5.95 Å². The molecule has 0 radical (unpaired) electrons. The molecule has 10 heteroatoms. The first-order valence-electron chi connectivity index (χ1n) is 13.8. The fourth-order valence-corrected chi connectivity index (χ4v) is 6.65. The highest BCUT2D eigenvalue weighted by Crippen LogP contribution is 2.61. The number of halogens is 1. The lowest BCUT2D eigenvalue weighted by atomic mass is 9.76. The number of carbonyl (C=O) groups is 1. The second-order valence-electron chi connectivity index (χ2n) is 11.4. The zero-order valence-electron chi connectivity index (χ0n) is 22.1. The highest BCUT2D eigenvalue weighted by molar-refractivity contribution is 6.30. The molecule has 5 N–H and O–H groups in total. The number of pyridine rings is 1. The summed E-state index contributed by atoms with van der Waals surface area (Å²) in [5.41, 5.74) is 8.90. The average molecular weight is 558 g/mol. The number of amides is 1. The molecule has 3 unspecified atom stereocenters. The fraction of sp³-hybridized carbons (Fsp3) is 0.367. The van der Waals surface area contributed by atoms with Gasteiger partial charge in [-0.15, -0.1) is 5.10 Å². The van der Waals surface area contributed by atoms with E-state index in [0.717, 1.165) is 34.9 Å². The van der Waals surface area contributed by atoms with Gasteiger partial charge in [0, 0.05) is 42.1 Å². The number of carbonyl (C=O) groups excluding carboxylic acids is 1. The Morgan fingerprint density at radius 2 is 1.85 bits per heavy atom. The topological polar surface area (TPSA) is 121 Å². The van der Waals surface area contributed by atoms with Crippen LogP contribution in [0.4, 0.5) is 17.3 Å². The predicted molar refractivity (Wildman–Crippen MR) is 155 cm³/mol. The molecular formula is C30H32ClN7O2. The van der Waals surface area contributed by atoms with Crippen molar-refractivity contribution in [3.63, 3.8) is 0 Å². The second kappa shape index (κ2) is 9.47. The molecule has 40 heavy (non-hydrogen) atoms. The number of nitrogens with two attached hydrogens (primary N) is 1. The summed E-state index contributed by atoms with van der Waals surface area (Å²) in [6.45, 7) is 1.86. The number of nitrogens with one attached hydrogen (secondary N) is 2. The van der Waals surface area contributed by atoms with Crippen LogP contribution in [0.15, 0.2) is 66.9 Å². The third-order valence-electron chi connectivity index (χ3n) is 9.04. The summed E-state index contributed by atoms with van der Waals surface area (Å²) in [6.07, 6.45) is 5.24. The van der Waals surface area contributed by atoms with Crippen LogP contribution in [-0.2, 0) is 5.60 Å². The van der Waals surface area contributed by atoms with E-state index in [2.05, 4.69) is 20.6 Å². The standard InChI is InChI=1S/C30H32ClN7O2/c31-22-7-5-21(6-8-22)30(40)11-14-37(15-12-30)25-2-1-13-38-26(25)34-28(36-38)33-23-9-3-19(4-10-23)27(39)35-29(18-32)17-20-16-24(20)29/h1-10,13,20,24,40H,11-12,14-18,32H2,(H,33,36)(H,35,39). The lowest BCUT2D eigenvalue weighted by molar-refractivity contribution is 0.0118. The molecule has 7 rings (SSSR count). The molecule has 3 heterocycles. The van der Waals surface area contributed by atoms with E-state index in [9.17, 15) is 9.90 Å². The van der Waals surface area contributed by atoms with E-state index in [1.54, 1.807) is 4.52 Å². The summed E-state index contributed by atoms with van der Waals surface area (Å²) in [6, 6.07) is 18.8. The maximum Gasteiger partial charge on any atom is 0.251 e. The largest absolute Gasteiger partial charge is 0.385 e. The van der Waals surface area contributed by atoms with E-state index in [1.165, 1.54) is 6.42 Å². The van der Waals surface area contributed by atoms with Crippen molar-refractivity contribution < 1.29 is 9.90 Å². The van der Waals surface area contributed by atoms with E-state index in [4.69, 9.17) is 22.3 Å². The molecule has 4 aromatic rings. The summed E-state index contributed by atoms with van der Waals surface area (Å²) in [7, 11) is 0. The smallest absolute Gasteiger partial charge is 0.251 e. The number of aromatic nitrogens is 3. The van der Waals surface area contributed by atoms with E-state index < -0.39 is 5.60 Å². The van der Waals surface area contributed by atoms with Gasteiger partial charge in [0.25, 0.3) is 5.91 Å². The van der Waals surface area contributed by atoms with Crippen molar-refractivity contribution in [2.45, 2.75) is 36.8 Å². The minimum Gasteiger partial charge on any atom is -0.385 e. The average Bonchev–Trinajstić information content (AvgIpc) is 3.48. The zero-order valence-corrected chi connectivity index (χ0v) is 22.8. The maximum atomic E-state index is 12.8. The molecule has 0 spiro atoms. The lowest BCUT2D eigenvalue weighted by Gasteiger charge is -2.41. The van der Waals surface area contributed by atoms with E-state index in [1.807, 2.05) is 66.9 Å². The third-order valence-corrected chi connectivity index (χ3v) is 9.30. The van der Waals surface area contributed by atoms with Crippen LogP contribution in [0.25, 0.3) is 5.65 Å². The molecule has 2 aromatic carbocycles. The van der Waals surface area contributed by atoms with Crippen LogP contribution >= 0.6 is 11.6 Å². The van der Waals surface area contributed by atoms with Crippen LogP contribution in [0, 0.1) is 11.8 Å². The Balaban J connectivity index is 1.03. The van der Waals surface area contributed by atoms with E-state index in [0.29, 0.717) is 54.9 Å². The summed E-state index contributed by atoms with van der Waals surface area (Å²) in [5, 5.41) is 23.0. The SMILES string of the molecule is NCC1(NC(=O)c2ccc(Nc3nc4c(N5CCC(O)(c6ccc(Cl)cc6)CC5)cccn4n3)cc2)CC2CC21. The minimum atomic E-state index is -0.876. The number of aliphatic hydroxyl groups is 1. The van der Waals surface area contributed by atoms with Crippen LogP contribution in [0.3, 0.4) is 0 Å². The number of nitrogens with zero attached hydrogens (tertiary/aromatic N) is 4. The Hall–Kier alpha value is -3.66. The minimum absolute atomic E-state index is 0.0812. The van der Waals surface area contributed by atoms with Crippen LogP contribution in [-0.4, -0.2) is 50.8 Å². The van der Waals surface area contributed by atoms with Gasteiger partial charge in [-0.25, -0.2) is 4.52 Å². The number of piperidine rings is 1. The molecule has 0 bridgehead atoms. The summed E-state index contributed by atoms with van der Waals surface area (Å²) in [5.74, 6) is 1.69. The van der Waals surface area contributed by atoms with Gasteiger partial charge in [-0.1, -0.05) is 23.7 Å². The first-order chi connectivity index (χ1) is 19.4. The number of fused-ring (bicyclic) bond motifs is 2. The van der Waals surface area contributed by atoms with Gasteiger partial charge >= 0.3 is 0 Å². The summed E-state index contributed by atoms with van der Waals surface area (Å²) in [4.78, 5) is 19.9. The molecule has 2 aromatic heterocycles. The molecule has 3 atom stereocenters. The third kappa shape index (κ3) is 4.38. The molecule has 206 valence electrons. The fourth-order valence-electron chi connectivity index (χ4n) is 6.53. The Kier molecular flexibility index (Phi) is 5.99. The van der Waals surface area contributed by atoms with Crippen LogP contribution in [0.5, 0.6) is 0 Å². The predicted octanol–water partition coefficient (Wildman–Crippen LogP) is 4.08. The molecule has 1 saturated heterocycles. The molecular weight excluding hydrogens is 526 g/mol. The van der Waals surface area contributed by atoms with Crippen LogP contribution in [0.1, 0.15) is 41.6 Å². The van der Waals surface area contributed by atoms with E-state index in [-0.39, 0.29) is 11.4 Å². The van der Waals surface area contributed by atoms with Gasteiger partial charge in [-0.2, -0.15) is 4.98 Å². The first-order valence-corrected chi connectivity index (χ1v) is 14.2. The van der Waals surface area contributed by atoms with E-state index >= 15 is 0 Å². The number of hydrogen-bond donors (Lipinski definition) is 4. The second-order valence-corrected chi connectivity index (χ2v) is 11.9. The normalized spacial score (nSPS) is 24.7. The molecule has 2 saturated carbocycles. The molecule has 9 nitrogen and oxygen atoms in total. The zero-order chi connectivity index (χ0) is 27.5. The Morgan fingerprint density at radius 3 is 2.50 bits per heavy atom. The Labute approximate surface area is 237 Å². The number of anilines is 3. The quantitative estimate of drug-likeness (QED) is 0.270. The van der Waals surface area contributed by atoms with Gasteiger partial charge in [0.1, 0.15) is 0 Å². The molecule has 2 aliphatic carbocycles. The van der Waals surface area contributed by atoms with Gasteiger partial charge in [0.05, 0.1) is 16.8 Å². The highest BCUT2D eigenvalue weighted by atomic mass is 35.5. The summed E-state index contributed by atoms with van der Waals surface area (Å²) >= 11 is 6.04. The summed E-state index contributed by atoms with van der Waals surface area (Å²) < 4.78 is 1.76. The highest BCUT2D eigenvalue weighted by Gasteiger charge is 2.63. The molecule has 1 aliphatic heterocycles. The van der Waals surface area contributed by atoms with Crippen molar-refractivity contribution in [1.82, 2.24) is 19.9 Å². The van der Waals surface area contributed by atoms with Gasteiger partial charge in [-0.05, 0) is 91.6 Å². The van der Waals surface area contributed by atoms with Crippen molar-refractivity contribution in [2.75, 3.05) is 29.9 Å². The number of hydrogen-bond acceptors (Lipinski definition) is 7. The van der Waals surface area contributed by atoms with Crippen molar-refractivity contribution in [3.8, 4) is 0 Å². The van der Waals surface area contributed by atoms with Gasteiger partial charge < -0.3 is 26.4 Å². The van der Waals surface area contributed by atoms with Crippen LogP contribution in [0.2, 0.25) is 5.02 Å². The van der Waals surface area contributed by atoms with Crippen molar-refractivity contribution in [3.05, 3.63) is 83.0 Å². The Bertz CT molecular complexity index is 1560. The van der Waals surface area contributed by atoms with Gasteiger partial charge in [0.15, 0.2) is 5.65 Å². The maximum absolute atomic E-state index is 12.8. The Morgan fingerprint density at radius 1 is 1.10 bits per heavy atom. The number of rotatable bonds is 7. The molecule has 1 amide bonds. The van der Waals surface area contributed by atoms with Crippen molar-refractivity contribution in [1.29, 1.82) is 0 Å². The van der Waals surface area contributed by atoms with Crippen molar-refractivity contribution in [2.24, 2.45) is 17.6 Å². The first kappa shape index (κ1) is 25.3. The molecule has 3 fully saturated rings. The number of benzene rings is 2. The van der Waals surface area contributed by atoms with Crippen molar-refractivity contribution >= 4 is 40.5 Å².